The largest absolute Gasteiger partial charge is 0.469 e. The molecule has 0 radical (unpaired) electrons. The Morgan fingerprint density at radius 1 is 1.11 bits per heavy atom. The van der Waals surface area contributed by atoms with E-state index in [1.54, 1.807) is 24.3 Å². The molecule has 0 aliphatic heterocycles. The molecule has 0 aliphatic carbocycles. The number of amides is 1. The van der Waals surface area contributed by atoms with Crippen molar-refractivity contribution in [3.8, 4) is 0 Å². The highest BCUT2D eigenvalue weighted by molar-refractivity contribution is 5.96. The number of benzene rings is 2. The van der Waals surface area contributed by atoms with Crippen molar-refractivity contribution < 1.29 is 23.1 Å². The zero-order valence-electron chi connectivity index (χ0n) is 15.2. The number of rotatable bonds is 6. The minimum Gasteiger partial charge on any atom is -0.469 e. The van der Waals surface area contributed by atoms with Crippen molar-refractivity contribution in [3.63, 3.8) is 0 Å². The number of nitrogens with zero attached hydrogens (tertiary/aromatic N) is 1. The molecule has 0 fully saturated rings. The topological polar surface area (TPSA) is 76.8 Å². The Kier molecular flexibility index (Phi) is 5.84. The summed E-state index contributed by atoms with van der Waals surface area (Å²) in [5.41, 5.74) is 0.144. The highest BCUT2D eigenvalue weighted by Gasteiger charge is 2.22. The number of carbonyl (C=O) groups is 2. The molecule has 1 heterocycles. The van der Waals surface area contributed by atoms with Gasteiger partial charge in [-0.05, 0) is 29.8 Å². The third-order valence-electron chi connectivity index (χ3n) is 4.26. The summed E-state index contributed by atoms with van der Waals surface area (Å²) < 4.78 is 23.0. The lowest BCUT2D eigenvalue weighted by molar-refractivity contribution is -0.140. The molecule has 0 spiro atoms. The average molecular weight is 383 g/mol. The van der Waals surface area contributed by atoms with Crippen molar-refractivity contribution in [2.75, 3.05) is 13.7 Å². The zero-order chi connectivity index (χ0) is 20.1. The number of halogens is 1. The van der Waals surface area contributed by atoms with Crippen LogP contribution in [0.1, 0.15) is 22.3 Å². The Labute approximate surface area is 160 Å². The summed E-state index contributed by atoms with van der Waals surface area (Å²) in [4.78, 5) is 38.2. The van der Waals surface area contributed by atoms with E-state index in [-0.39, 0.29) is 25.1 Å². The van der Waals surface area contributed by atoms with E-state index in [4.69, 9.17) is 4.42 Å². The van der Waals surface area contributed by atoms with Crippen LogP contribution in [0.15, 0.2) is 63.8 Å². The molecule has 3 rings (SSSR count). The van der Waals surface area contributed by atoms with Gasteiger partial charge in [-0.2, -0.15) is 0 Å². The fourth-order valence-corrected chi connectivity index (χ4v) is 2.77. The third-order valence-corrected chi connectivity index (χ3v) is 4.26. The summed E-state index contributed by atoms with van der Waals surface area (Å²) in [6.07, 6.45) is -0.0393. The lowest BCUT2D eigenvalue weighted by Crippen LogP contribution is -2.35. The summed E-state index contributed by atoms with van der Waals surface area (Å²) in [5.74, 6) is -1.46. The molecule has 7 heteroatoms. The number of hydrogen-bond acceptors (Lipinski definition) is 5. The summed E-state index contributed by atoms with van der Waals surface area (Å²) in [7, 11) is 1.26. The predicted octanol–water partition coefficient (Wildman–Crippen LogP) is 3.14. The third kappa shape index (κ3) is 4.43. The van der Waals surface area contributed by atoms with Crippen LogP contribution < -0.4 is 5.63 Å². The van der Waals surface area contributed by atoms with E-state index < -0.39 is 23.3 Å². The van der Waals surface area contributed by atoms with Crippen molar-refractivity contribution in [2.24, 2.45) is 0 Å². The second-order valence-corrected chi connectivity index (χ2v) is 6.16. The van der Waals surface area contributed by atoms with E-state index >= 15 is 0 Å². The fraction of sp³-hybridized carbons (Fsp3) is 0.190. The van der Waals surface area contributed by atoms with Gasteiger partial charge in [0, 0.05) is 18.5 Å². The summed E-state index contributed by atoms with van der Waals surface area (Å²) >= 11 is 0. The first-order valence-corrected chi connectivity index (χ1v) is 8.61. The number of esters is 1. The van der Waals surface area contributed by atoms with Crippen LogP contribution in [0.4, 0.5) is 4.39 Å². The highest BCUT2D eigenvalue weighted by atomic mass is 19.1. The van der Waals surface area contributed by atoms with Crippen LogP contribution in [-0.2, 0) is 16.1 Å². The maximum absolute atomic E-state index is 13.2. The van der Waals surface area contributed by atoms with Gasteiger partial charge in [0.2, 0.25) is 0 Å². The molecule has 0 saturated heterocycles. The van der Waals surface area contributed by atoms with E-state index in [0.717, 1.165) is 0 Å². The average Bonchev–Trinajstić information content (AvgIpc) is 2.71. The van der Waals surface area contributed by atoms with Crippen LogP contribution in [0.25, 0.3) is 11.0 Å². The van der Waals surface area contributed by atoms with Gasteiger partial charge in [-0.15, -0.1) is 0 Å². The Balaban J connectivity index is 1.92. The van der Waals surface area contributed by atoms with Crippen LogP contribution in [0, 0.1) is 5.82 Å². The smallest absolute Gasteiger partial charge is 0.349 e. The summed E-state index contributed by atoms with van der Waals surface area (Å²) in [6, 6.07) is 14.0. The first-order chi connectivity index (χ1) is 13.5. The molecule has 0 N–H and O–H groups in total. The quantitative estimate of drug-likeness (QED) is 0.483. The van der Waals surface area contributed by atoms with E-state index in [0.29, 0.717) is 16.5 Å². The van der Waals surface area contributed by atoms with Crippen LogP contribution in [0.5, 0.6) is 0 Å². The number of ether oxygens (including phenoxy) is 1. The number of para-hydroxylation sites is 1. The van der Waals surface area contributed by atoms with Crippen molar-refractivity contribution in [2.45, 2.75) is 13.0 Å². The number of fused-ring (bicyclic) bond motifs is 1. The van der Waals surface area contributed by atoms with Gasteiger partial charge in [-0.1, -0.05) is 30.3 Å². The second-order valence-electron chi connectivity index (χ2n) is 6.16. The van der Waals surface area contributed by atoms with Crippen molar-refractivity contribution in [1.29, 1.82) is 0 Å². The highest BCUT2D eigenvalue weighted by Crippen LogP contribution is 2.16. The molecule has 1 amide bonds. The van der Waals surface area contributed by atoms with Gasteiger partial charge in [0.25, 0.3) is 5.91 Å². The van der Waals surface area contributed by atoms with E-state index in [1.807, 2.05) is 0 Å². The maximum atomic E-state index is 13.2. The molecule has 0 aliphatic rings. The molecule has 28 heavy (non-hydrogen) atoms. The minimum atomic E-state index is -0.758. The van der Waals surface area contributed by atoms with Gasteiger partial charge < -0.3 is 14.1 Å². The van der Waals surface area contributed by atoms with E-state index in [1.165, 1.54) is 42.3 Å². The predicted molar refractivity (Wildman–Crippen MR) is 100 cm³/mol. The Morgan fingerprint density at radius 2 is 1.82 bits per heavy atom. The lowest BCUT2D eigenvalue weighted by atomic mass is 10.1. The molecule has 6 nitrogen and oxygen atoms in total. The number of hydrogen-bond donors (Lipinski definition) is 0. The van der Waals surface area contributed by atoms with Crippen LogP contribution >= 0.6 is 0 Å². The number of methoxy groups -OCH3 is 1. The Morgan fingerprint density at radius 3 is 2.54 bits per heavy atom. The van der Waals surface area contributed by atoms with E-state index in [9.17, 15) is 18.8 Å². The molecule has 1 aromatic heterocycles. The molecule has 0 atom stereocenters. The normalized spacial score (nSPS) is 10.6. The van der Waals surface area contributed by atoms with Crippen LogP contribution in [0.3, 0.4) is 0 Å². The zero-order valence-corrected chi connectivity index (χ0v) is 15.2. The number of carbonyl (C=O) groups excluding carboxylic acids is 2. The maximum Gasteiger partial charge on any atom is 0.349 e. The first kappa shape index (κ1) is 19.3. The Hall–Kier alpha value is -3.48. The van der Waals surface area contributed by atoms with Crippen molar-refractivity contribution in [1.82, 2.24) is 4.90 Å². The van der Waals surface area contributed by atoms with Crippen LogP contribution in [-0.4, -0.2) is 30.4 Å². The molecule has 0 bridgehead atoms. The lowest BCUT2D eigenvalue weighted by Gasteiger charge is -2.22. The van der Waals surface area contributed by atoms with Gasteiger partial charge in [0.05, 0.1) is 13.5 Å². The van der Waals surface area contributed by atoms with Gasteiger partial charge in [-0.25, -0.2) is 9.18 Å². The summed E-state index contributed by atoms with van der Waals surface area (Å²) in [5, 5.41) is 0.611. The van der Waals surface area contributed by atoms with Crippen molar-refractivity contribution >= 4 is 22.8 Å². The standard InChI is InChI=1S/C21H18FNO5/c1-27-19(24)10-11-23(13-14-6-8-16(22)9-7-14)20(25)17-12-15-4-2-3-5-18(15)28-21(17)26/h2-9,12H,10-11,13H2,1H3. The molecule has 0 unspecified atom stereocenters. The van der Waals surface area contributed by atoms with Crippen LogP contribution in [0.2, 0.25) is 0 Å². The molecule has 0 saturated carbocycles. The monoisotopic (exact) mass is 383 g/mol. The SMILES string of the molecule is COC(=O)CCN(Cc1ccc(F)cc1)C(=O)c1cc2ccccc2oc1=O. The Bertz CT molecular complexity index is 1060. The van der Waals surface area contributed by atoms with Gasteiger partial charge in [-0.3, -0.25) is 9.59 Å². The summed E-state index contributed by atoms with van der Waals surface area (Å²) in [6.45, 7) is 0.136. The van der Waals surface area contributed by atoms with Gasteiger partial charge >= 0.3 is 11.6 Å². The van der Waals surface area contributed by atoms with E-state index in [2.05, 4.69) is 4.74 Å². The first-order valence-electron chi connectivity index (χ1n) is 8.61. The minimum absolute atomic E-state index is 0.0369. The second kappa shape index (κ2) is 8.47. The molecule has 2 aromatic carbocycles. The van der Waals surface area contributed by atoms with Crippen molar-refractivity contribution in [3.05, 3.63) is 82.0 Å². The molecule has 3 aromatic rings. The van der Waals surface area contributed by atoms with Gasteiger partial charge in [0.1, 0.15) is 17.0 Å². The molecule has 144 valence electrons. The van der Waals surface area contributed by atoms with Gasteiger partial charge in [0.15, 0.2) is 0 Å². The molecular weight excluding hydrogens is 365 g/mol. The molecular formula is C21H18FNO5. The fourth-order valence-electron chi connectivity index (χ4n) is 2.77.